The summed E-state index contributed by atoms with van der Waals surface area (Å²) in [7, 11) is 0. The van der Waals surface area contributed by atoms with Crippen molar-refractivity contribution in [3.63, 3.8) is 0 Å². The van der Waals surface area contributed by atoms with Crippen LogP contribution in [-0.4, -0.2) is 36.8 Å². The molecule has 0 aromatic heterocycles. The highest BCUT2D eigenvalue weighted by Gasteiger charge is 2.23. The van der Waals surface area contributed by atoms with Gasteiger partial charge in [-0.15, -0.1) is 6.58 Å². The summed E-state index contributed by atoms with van der Waals surface area (Å²) in [4.78, 5) is 0. The molecule has 0 amide bonds. The van der Waals surface area contributed by atoms with E-state index in [0.29, 0.717) is 12.1 Å². The van der Waals surface area contributed by atoms with Crippen LogP contribution in [0.25, 0.3) is 0 Å². The molecule has 1 aliphatic rings. The third-order valence-electron chi connectivity index (χ3n) is 3.18. The average molecular weight is 257 g/mol. The molecule has 17 heavy (non-hydrogen) atoms. The van der Waals surface area contributed by atoms with Crippen LogP contribution in [0.1, 0.15) is 39.0 Å². The standard InChI is InChI=1S/C14H27NOS/c1-3-5-6-7-8-9-13(15-4-2)14-12-17-11-10-16-14/h3,13-15H,1,4-12H2,2H3. The van der Waals surface area contributed by atoms with Crippen molar-refractivity contribution in [2.45, 2.75) is 51.2 Å². The fourth-order valence-corrected chi connectivity index (χ4v) is 3.19. The Morgan fingerprint density at radius 2 is 2.35 bits per heavy atom. The van der Waals surface area contributed by atoms with Gasteiger partial charge in [0.15, 0.2) is 0 Å². The smallest absolute Gasteiger partial charge is 0.0818 e. The van der Waals surface area contributed by atoms with Crippen molar-refractivity contribution in [1.29, 1.82) is 0 Å². The molecule has 3 heteroatoms. The Hall–Kier alpha value is 0.01000. The predicted molar refractivity (Wildman–Crippen MR) is 77.8 cm³/mol. The lowest BCUT2D eigenvalue weighted by Crippen LogP contribution is -2.44. The largest absolute Gasteiger partial charge is 0.375 e. The van der Waals surface area contributed by atoms with Gasteiger partial charge < -0.3 is 10.1 Å². The summed E-state index contributed by atoms with van der Waals surface area (Å²) in [5.41, 5.74) is 0. The molecule has 1 fully saturated rings. The van der Waals surface area contributed by atoms with Crippen LogP contribution in [-0.2, 0) is 4.74 Å². The topological polar surface area (TPSA) is 21.3 Å². The molecule has 2 atom stereocenters. The summed E-state index contributed by atoms with van der Waals surface area (Å²) in [6, 6.07) is 0.552. The molecule has 0 aliphatic carbocycles. The van der Waals surface area contributed by atoms with E-state index in [1.807, 2.05) is 17.8 Å². The third kappa shape index (κ3) is 6.49. The van der Waals surface area contributed by atoms with Crippen LogP contribution in [0.15, 0.2) is 12.7 Å². The second kappa shape index (κ2) is 9.98. The Balaban J connectivity index is 2.19. The molecular weight excluding hydrogens is 230 g/mol. The monoisotopic (exact) mass is 257 g/mol. The van der Waals surface area contributed by atoms with Gasteiger partial charge >= 0.3 is 0 Å². The van der Waals surface area contributed by atoms with Crippen LogP contribution >= 0.6 is 11.8 Å². The Kier molecular flexibility index (Phi) is 8.85. The Morgan fingerprint density at radius 1 is 1.47 bits per heavy atom. The number of unbranched alkanes of at least 4 members (excludes halogenated alkanes) is 3. The van der Waals surface area contributed by atoms with Gasteiger partial charge in [0, 0.05) is 17.5 Å². The molecular formula is C14H27NOS. The molecule has 1 rings (SSSR count). The molecule has 0 radical (unpaired) electrons. The third-order valence-corrected chi connectivity index (χ3v) is 4.20. The first-order valence-electron chi connectivity index (χ1n) is 6.92. The van der Waals surface area contributed by atoms with Gasteiger partial charge in [0.05, 0.1) is 12.7 Å². The predicted octanol–water partition coefficient (Wildman–Crippen LogP) is 3.23. The number of hydrogen-bond acceptors (Lipinski definition) is 3. The van der Waals surface area contributed by atoms with Crippen molar-refractivity contribution in [2.24, 2.45) is 0 Å². The minimum absolute atomic E-state index is 0.424. The molecule has 0 aromatic carbocycles. The second-order valence-corrected chi connectivity index (χ2v) is 5.72. The van der Waals surface area contributed by atoms with Gasteiger partial charge in [0.1, 0.15) is 0 Å². The summed E-state index contributed by atoms with van der Waals surface area (Å²) in [6.45, 7) is 7.91. The number of ether oxygens (including phenoxy) is 1. The lowest BCUT2D eigenvalue weighted by atomic mass is 10.0. The van der Waals surface area contributed by atoms with E-state index in [2.05, 4.69) is 18.8 Å². The molecule has 0 aromatic rings. The van der Waals surface area contributed by atoms with Crippen molar-refractivity contribution in [2.75, 3.05) is 24.7 Å². The fourth-order valence-electron chi connectivity index (χ4n) is 2.25. The van der Waals surface area contributed by atoms with E-state index in [1.54, 1.807) is 0 Å². The highest BCUT2D eigenvalue weighted by molar-refractivity contribution is 7.99. The molecule has 2 unspecified atom stereocenters. The Morgan fingerprint density at radius 3 is 3.00 bits per heavy atom. The number of allylic oxidation sites excluding steroid dienone is 1. The molecule has 0 saturated carbocycles. The van der Waals surface area contributed by atoms with Crippen LogP contribution in [0.5, 0.6) is 0 Å². The zero-order chi connectivity index (χ0) is 12.3. The van der Waals surface area contributed by atoms with E-state index in [0.717, 1.165) is 31.1 Å². The Labute approximate surface area is 111 Å². The van der Waals surface area contributed by atoms with Crippen LogP contribution in [0.4, 0.5) is 0 Å². The summed E-state index contributed by atoms with van der Waals surface area (Å²) < 4.78 is 5.87. The van der Waals surface area contributed by atoms with Gasteiger partial charge in [-0.3, -0.25) is 0 Å². The summed E-state index contributed by atoms with van der Waals surface area (Å²) in [5, 5.41) is 3.58. The molecule has 1 N–H and O–H groups in total. The molecule has 0 bridgehead atoms. The lowest BCUT2D eigenvalue weighted by Gasteiger charge is -2.30. The van der Waals surface area contributed by atoms with Gasteiger partial charge in [-0.2, -0.15) is 11.8 Å². The van der Waals surface area contributed by atoms with Crippen molar-refractivity contribution >= 4 is 11.8 Å². The summed E-state index contributed by atoms with van der Waals surface area (Å²) in [6.07, 6.45) is 8.74. The van der Waals surface area contributed by atoms with Crippen LogP contribution in [0.2, 0.25) is 0 Å². The zero-order valence-electron chi connectivity index (χ0n) is 11.1. The number of nitrogens with one attached hydrogen (secondary N) is 1. The van der Waals surface area contributed by atoms with Gasteiger partial charge in [0.25, 0.3) is 0 Å². The number of rotatable bonds is 9. The maximum atomic E-state index is 5.87. The maximum Gasteiger partial charge on any atom is 0.0818 e. The summed E-state index contributed by atoms with van der Waals surface area (Å²) in [5.74, 6) is 2.32. The van der Waals surface area contributed by atoms with Crippen molar-refractivity contribution in [3.8, 4) is 0 Å². The van der Waals surface area contributed by atoms with E-state index in [-0.39, 0.29) is 0 Å². The van der Waals surface area contributed by atoms with Gasteiger partial charge in [0.2, 0.25) is 0 Å². The van der Waals surface area contributed by atoms with Gasteiger partial charge in [-0.05, 0) is 25.8 Å². The highest BCUT2D eigenvalue weighted by atomic mass is 32.2. The van der Waals surface area contributed by atoms with Crippen molar-refractivity contribution in [3.05, 3.63) is 12.7 Å². The fraction of sp³-hybridized carbons (Fsp3) is 0.857. The Bertz CT molecular complexity index is 193. The van der Waals surface area contributed by atoms with E-state index in [9.17, 15) is 0 Å². The molecule has 1 heterocycles. The van der Waals surface area contributed by atoms with E-state index in [1.165, 1.54) is 25.7 Å². The zero-order valence-corrected chi connectivity index (χ0v) is 11.9. The first-order valence-corrected chi connectivity index (χ1v) is 8.07. The summed E-state index contributed by atoms with van der Waals surface area (Å²) >= 11 is 2.03. The van der Waals surface area contributed by atoms with E-state index in [4.69, 9.17) is 4.74 Å². The normalized spacial score (nSPS) is 22.3. The van der Waals surface area contributed by atoms with E-state index >= 15 is 0 Å². The second-order valence-electron chi connectivity index (χ2n) is 4.58. The molecule has 2 nitrogen and oxygen atoms in total. The first-order chi connectivity index (χ1) is 8.38. The minimum atomic E-state index is 0.424. The molecule has 1 saturated heterocycles. The van der Waals surface area contributed by atoms with Crippen LogP contribution in [0, 0.1) is 0 Å². The maximum absolute atomic E-state index is 5.87. The average Bonchev–Trinajstić information content (AvgIpc) is 2.38. The number of likely N-dealkylation sites (N-methyl/N-ethyl adjacent to an activating group) is 1. The van der Waals surface area contributed by atoms with Gasteiger partial charge in [-0.25, -0.2) is 0 Å². The van der Waals surface area contributed by atoms with Crippen molar-refractivity contribution in [1.82, 2.24) is 5.32 Å². The first kappa shape index (κ1) is 15.1. The lowest BCUT2D eigenvalue weighted by molar-refractivity contribution is 0.0445. The van der Waals surface area contributed by atoms with Crippen molar-refractivity contribution < 1.29 is 4.74 Å². The molecule has 1 aliphatic heterocycles. The molecule has 100 valence electrons. The van der Waals surface area contributed by atoms with Gasteiger partial charge in [-0.1, -0.05) is 25.8 Å². The number of hydrogen-bond donors (Lipinski definition) is 1. The minimum Gasteiger partial charge on any atom is -0.375 e. The quantitative estimate of drug-likeness (QED) is 0.506. The molecule has 0 spiro atoms. The van der Waals surface area contributed by atoms with Crippen LogP contribution in [0.3, 0.4) is 0 Å². The van der Waals surface area contributed by atoms with Crippen LogP contribution < -0.4 is 5.32 Å². The van der Waals surface area contributed by atoms with E-state index < -0.39 is 0 Å². The number of thioether (sulfide) groups is 1. The highest BCUT2D eigenvalue weighted by Crippen LogP contribution is 2.19. The SMILES string of the molecule is C=CCCCCCC(NCC)C1CSCCO1.